The molecule has 0 spiro atoms. The fourth-order valence-electron chi connectivity index (χ4n) is 3.72. The molecule has 0 bridgehead atoms. The maximum absolute atomic E-state index is 13.6. The summed E-state index contributed by atoms with van der Waals surface area (Å²) < 4.78 is 27.1. The second-order valence-corrected chi connectivity index (χ2v) is 9.78. The van der Waals surface area contributed by atoms with Crippen molar-refractivity contribution >= 4 is 38.0 Å². The van der Waals surface area contributed by atoms with E-state index in [0.29, 0.717) is 5.02 Å². The quantitative estimate of drug-likeness (QED) is 0.626. The van der Waals surface area contributed by atoms with Gasteiger partial charge in [-0.15, -0.1) is 0 Å². The van der Waals surface area contributed by atoms with E-state index < -0.39 is 9.84 Å². The molecule has 0 aliphatic carbocycles. The van der Waals surface area contributed by atoms with Crippen molar-refractivity contribution in [1.29, 1.82) is 0 Å². The van der Waals surface area contributed by atoms with Gasteiger partial charge in [-0.05, 0) is 55.4 Å². The van der Waals surface area contributed by atoms with Crippen molar-refractivity contribution in [1.82, 2.24) is 9.88 Å². The van der Waals surface area contributed by atoms with Crippen LogP contribution >= 0.6 is 11.6 Å². The van der Waals surface area contributed by atoms with E-state index in [1.165, 1.54) is 6.20 Å². The molecule has 1 aliphatic heterocycles. The Morgan fingerprint density at radius 1 is 1.03 bits per heavy atom. The minimum atomic E-state index is -3.74. The molecule has 29 heavy (non-hydrogen) atoms. The van der Waals surface area contributed by atoms with Gasteiger partial charge < -0.3 is 9.80 Å². The normalized spacial score (nSPS) is 15.8. The molecule has 2 aromatic carbocycles. The zero-order valence-electron chi connectivity index (χ0n) is 16.6. The zero-order valence-corrected chi connectivity index (χ0v) is 18.2. The van der Waals surface area contributed by atoms with Crippen LogP contribution < -0.4 is 4.90 Å². The summed E-state index contributed by atoms with van der Waals surface area (Å²) in [4.78, 5) is 9.42. The highest BCUT2D eigenvalue weighted by Gasteiger charge is 2.28. The zero-order chi connectivity index (χ0) is 20.6. The van der Waals surface area contributed by atoms with Crippen LogP contribution in [0, 0.1) is 0 Å². The molecule has 1 saturated heterocycles. The predicted molar refractivity (Wildman–Crippen MR) is 118 cm³/mol. The Kier molecular flexibility index (Phi) is 5.51. The number of halogens is 1. The maximum atomic E-state index is 13.6. The topological polar surface area (TPSA) is 53.5 Å². The van der Waals surface area contributed by atoms with Crippen LogP contribution in [-0.2, 0) is 16.3 Å². The van der Waals surface area contributed by atoms with Gasteiger partial charge in [-0.3, -0.25) is 4.98 Å². The van der Waals surface area contributed by atoms with Crippen LogP contribution in [0.3, 0.4) is 0 Å². The Morgan fingerprint density at radius 2 is 1.72 bits per heavy atom. The van der Waals surface area contributed by atoms with Gasteiger partial charge in [0.1, 0.15) is 4.90 Å². The average Bonchev–Trinajstić information content (AvgIpc) is 2.73. The minimum absolute atomic E-state index is 0.227. The summed E-state index contributed by atoms with van der Waals surface area (Å²) in [7, 11) is -1.65. The number of hydrogen-bond donors (Lipinski definition) is 0. The minimum Gasteiger partial charge on any atom is -0.367 e. The Hall–Kier alpha value is -2.15. The molecule has 0 saturated carbocycles. The fourth-order valence-corrected chi connectivity index (χ4v) is 5.28. The van der Waals surface area contributed by atoms with Crippen molar-refractivity contribution in [2.75, 3.05) is 38.1 Å². The van der Waals surface area contributed by atoms with E-state index in [1.807, 2.05) is 6.07 Å². The van der Waals surface area contributed by atoms with Crippen LogP contribution in [0.1, 0.15) is 12.5 Å². The van der Waals surface area contributed by atoms with Crippen molar-refractivity contribution in [2.24, 2.45) is 0 Å². The molecule has 0 N–H and O–H groups in total. The molecule has 1 fully saturated rings. The molecular formula is C22H24ClN3O2S. The van der Waals surface area contributed by atoms with Crippen LogP contribution in [0.2, 0.25) is 5.02 Å². The number of pyridine rings is 1. The predicted octanol–water partition coefficient (Wildman–Crippen LogP) is 4.04. The summed E-state index contributed by atoms with van der Waals surface area (Å²) in [6, 6.07) is 12.4. The van der Waals surface area contributed by atoms with Gasteiger partial charge in [0.05, 0.1) is 16.1 Å². The van der Waals surface area contributed by atoms with Gasteiger partial charge in [0.25, 0.3) is 0 Å². The van der Waals surface area contributed by atoms with Gasteiger partial charge >= 0.3 is 0 Å². The lowest BCUT2D eigenvalue weighted by Crippen LogP contribution is -2.45. The van der Waals surface area contributed by atoms with E-state index in [9.17, 15) is 8.42 Å². The first-order valence-corrected chi connectivity index (χ1v) is 11.6. The van der Waals surface area contributed by atoms with Crippen molar-refractivity contribution < 1.29 is 8.42 Å². The Morgan fingerprint density at radius 3 is 2.38 bits per heavy atom. The van der Waals surface area contributed by atoms with Gasteiger partial charge in [0.2, 0.25) is 9.84 Å². The maximum Gasteiger partial charge on any atom is 0.210 e. The summed E-state index contributed by atoms with van der Waals surface area (Å²) in [5.74, 6) is 0. The monoisotopic (exact) mass is 429 g/mol. The summed E-state index contributed by atoms with van der Waals surface area (Å²) in [5, 5.41) is 1.40. The van der Waals surface area contributed by atoms with Gasteiger partial charge in [-0.2, -0.15) is 0 Å². The number of fused-ring (bicyclic) bond motifs is 1. The second-order valence-electron chi connectivity index (χ2n) is 7.42. The lowest BCUT2D eigenvalue weighted by Gasteiger charge is -2.35. The van der Waals surface area contributed by atoms with Crippen molar-refractivity contribution in [2.45, 2.75) is 23.1 Å². The number of benzene rings is 2. The third kappa shape index (κ3) is 3.84. The van der Waals surface area contributed by atoms with E-state index in [4.69, 9.17) is 11.6 Å². The van der Waals surface area contributed by atoms with Crippen LogP contribution in [0.15, 0.2) is 58.5 Å². The lowest BCUT2D eigenvalue weighted by atomic mass is 10.1. The number of likely N-dealkylation sites (N-methyl/N-ethyl adjacent to an activating group) is 1. The molecule has 7 heteroatoms. The smallest absolute Gasteiger partial charge is 0.210 e. The summed E-state index contributed by atoms with van der Waals surface area (Å²) in [6.45, 7) is 5.41. The SMILES string of the molecule is CCc1ccc2ncc(S(=O)(=O)c3ccc(Cl)cc3)c(N3CCN(C)CC3)c2c1. The Balaban J connectivity index is 1.95. The molecule has 4 rings (SSSR count). The molecule has 1 aliphatic rings. The van der Waals surface area contributed by atoms with Crippen LogP contribution in [-0.4, -0.2) is 51.5 Å². The number of sulfone groups is 1. The van der Waals surface area contributed by atoms with Crippen LogP contribution in [0.5, 0.6) is 0 Å². The van der Waals surface area contributed by atoms with E-state index in [-0.39, 0.29) is 9.79 Å². The van der Waals surface area contributed by atoms with Gasteiger partial charge in [-0.25, -0.2) is 8.42 Å². The van der Waals surface area contributed by atoms with E-state index in [0.717, 1.165) is 54.8 Å². The number of rotatable bonds is 4. The van der Waals surface area contributed by atoms with Crippen molar-refractivity contribution in [3.8, 4) is 0 Å². The Bertz CT molecular complexity index is 1140. The molecule has 2 heterocycles. The van der Waals surface area contributed by atoms with Crippen LogP contribution in [0.4, 0.5) is 5.69 Å². The second kappa shape index (κ2) is 7.94. The summed E-state index contributed by atoms with van der Waals surface area (Å²) in [6.07, 6.45) is 2.39. The van der Waals surface area contributed by atoms with Gasteiger partial charge in [-0.1, -0.05) is 24.6 Å². The number of piperazine rings is 1. The highest BCUT2D eigenvalue weighted by atomic mass is 35.5. The number of aryl methyl sites for hydroxylation is 1. The van der Waals surface area contributed by atoms with E-state index in [2.05, 4.69) is 40.9 Å². The first-order valence-electron chi connectivity index (χ1n) is 9.76. The molecule has 0 amide bonds. The molecule has 1 aromatic heterocycles. The average molecular weight is 430 g/mol. The van der Waals surface area contributed by atoms with Crippen molar-refractivity contribution in [3.63, 3.8) is 0 Å². The number of nitrogens with zero attached hydrogens (tertiary/aromatic N) is 3. The summed E-state index contributed by atoms with van der Waals surface area (Å²) in [5.41, 5.74) is 2.73. The third-order valence-corrected chi connectivity index (χ3v) is 7.53. The third-order valence-electron chi connectivity index (χ3n) is 5.51. The largest absolute Gasteiger partial charge is 0.367 e. The molecule has 5 nitrogen and oxygen atoms in total. The van der Waals surface area contributed by atoms with E-state index >= 15 is 0 Å². The standard InChI is InChI=1S/C22H24ClN3O2S/c1-3-16-4-9-20-19(14-16)22(26-12-10-25(2)11-13-26)21(15-24-20)29(27,28)18-7-5-17(23)6-8-18/h4-9,14-15H,3,10-13H2,1-2H3. The molecular weight excluding hydrogens is 406 g/mol. The Labute approximate surface area is 176 Å². The van der Waals surface area contributed by atoms with Crippen molar-refractivity contribution in [3.05, 3.63) is 59.2 Å². The van der Waals surface area contributed by atoms with E-state index in [1.54, 1.807) is 24.3 Å². The number of hydrogen-bond acceptors (Lipinski definition) is 5. The highest BCUT2D eigenvalue weighted by molar-refractivity contribution is 7.91. The molecule has 3 aromatic rings. The fraction of sp³-hybridized carbons (Fsp3) is 0.318. The van der Waals surface area contributed by atoms with Crippen LogP contribution in [0.25, 0.3) is 10.9 Å². The first kappa shape index (κ1) is 20.1. The summed E-state index contributed by atoms with van der Waals surface area (Å²) >= 11 is 5.97. The molecule has 0 unspecified atom stereocenters. The highest BCUT2D eigenvalue weighted by Crippen LogP contribution is 2.37. The molecule has 152 valence electrons. The first-order chi connectivity index (χ1) is 13.9. The number of aromatic nitrogens is 1. The van der Waals surface area contributed by atoms with Gasteiger partial charge in [0.15, 0.2) is 0 Å². The van der Waals surface area contributed by atoms with Gasteiger partial charge in [0, 0.05) is 42.8 Å². The molecule has 0 radical (unpaired) electrons. The lowest BCUT2D eigenvalue weighted by molar-refractivity contribution is 0.312. The number of anilines is 1. The molecule has 0 atom stereocenters.